The number of rotatable bonds is 3. The van der Waals surface area contributed by atoms with Crippen LogP contribution in [0.2, 0.25) is 0 Å². The van der Waals surface area contributed by atoms with E-state index in [2.05, 4.69) is 9.71 Å². The molecule has 0 spiro atoms. The number of sulfonamides is 1. The van der Waals surface area contributed by atoms with Crippen molar-refractivity contribution in [3.8, 4) is 0 Å². The second kappa shape index (κ2) is 6.44. The van der Waals surface area contributed by atoms with Crippen molar-refractivity contribution in [2.24, 2.45) is 0 Å². The Morgan fingerprint density at radius 2 is 2.00 bits per heavy atom. The molecule has 0 fully saturated rings. The van der Waals surface area contributed by atoms with Crippen molar-refractivity contribution in [2.45, 2.75) is 29.2 Å². The molecule has 128 valence electrons. The summed E-state index contributed by atoms with van der Waals surface area (Å²) in [4.78, 5) is 5.74. The van der Waals surface area contributed by atoms with E-state index >= 15 is 0 Å². The number of hydrogen-bond donors (Lipinski definition) is 1. The molecule has 1 unspecified atom stereocenters. The summed E-state index contributed by atoms with van der Waals surface area (Å²) in [5.74, 6) is 0.900. The third-order valence-corrected chi connectivity index (χ3v) is 6.98. The predicted molar refractivity (Wildman–Crippen MR) is 101 cm³/mol. The lowest BCUT2D eigenvalue weighted by atomic mass is 10.1. The van der Waals surface area contributed by atoms with Gasteiger partial charge >= 0.3 is 0 Å². The van der Waals surface area contributed by atoms with E-state index in [-0.39, 0.29) is 10.9 Å². The second-order valence-electron chi connectivity index (χ2n) is 6.19. The van der Waals surface area contributed by atoms with Crippen LogP contribution in [0.25, 0.3) is 10.9 Å². The van der Waals surface area contributed by atoms with Crippen molar-refractivity contribution in [1.82, 2.24) is 9.71 Å². The van der Waals surface area contributed by atoms with E-state index in [4.69, 9.17) is 0 Å². The van der Waals surface area contributed by atoms with Gasteiger partial charge in [0.1, 0.15) is 4.90 Å². The number of para-hydroxylation sites is 1. The van der Waals surface area contributed by atoms with E-state index in [0.29, 0.717) is 5.52 Å². The van der Waals surface area contributed by atoms with Gasteiger partial charge in [0, 0.05) is 22.5 Å². The number of nitrogens with one attached hydrogen (secondary N) is 1. The maximum absolute atomic E-state index is 13.1. The molecule has 3 aromatic rings. The van der Waals surface area contributed by atoms with Gasteiger partial charge in [-0.2, -0.15) is 0 Å². The Morgan fingerprint density at radius 1 is 1.16 bits per heavy atom. The molecular formula is C19H18N2O2S2. The van der Waals surface area contributed by atoms with Gasteiger partial charge in [-0.1, -0.05) is 30.3 Å². The normalized spacial score (nSPS) is 17.4. The minimum absolute atomic E-state index is 0.205. The smallest absolute Gasteiger partial charge is 0.243 e. The number of thioether (sulfide) groups is 1. The molecule has 0 amide bonds. The molecule has 1 aliphatic rings. The fourth-order valence-corrected chi connectivity index (χ4v) is 5.73. The van der Waals surface area contributed by atoms with Crippen LogP contribution in [0.1, 0.15) is 23.6 Å². The molecule has 0 radical (unpaired) electrons. The Bertz CT molecular complexity index is 1050. The van der Waals surface area contributed by atoms with Crippen LogP contribution < -0.4 is 4.72 Å². The highest BCUT2D eigenvalue weighted by atomic mass is 32.2. The van der Waals surface area contributed by atoms with E-state index in [1.54, 1.807) is 30.1 Å². The fraction of sp³-hybridized carbons (Fsp3) is 0.211. The molecule has 6 heteroatoms. The molecule has 0 bridgehead atoms. The minimum atomic E-state index is -3.66. The largest absolute Gasteiger partial charge is 0.255 e. The topological polar surface area (TPSA) is 59.1 Å². The highest BCUT2D eigenvalue weighted by Gasteiger charge is 2.27. The lowest BCUT2D eigenvalue weighted by Crippen LogP contribution is -2.31. The quantitative estimate of drug-likeness (QED) is 0.755. The number of fused-ring (bicyclic) bond motifs is 2. The minimum Gasteiger partial charge on any atom is -0.255 e. The van der Waals surface area contributed by atoms with Gasteiger partial charge in [0.05, 0.1) is 5.52 Å². The van der Waals surface area contributed by atoms with Gasteiger partial charge in [-0.15, -0.1) is 11.8 Å². The maximum Gasteiger partial charge on any atom is 0.243 e. The Hall–Kier alpha value is -1.89. The Morgan fingerprint density at radius 3 is 2.88 bits per heavy atom. The third-order valence-electron chi connectivity index (χ3n) is 4.36. The molecule has 1 N–H and O–H groups in total. The van der Waals surface area contributed by atoms with Crippen molar-refractivity contribution >= 4 is 32.7 Å². The summed E-state index contributed by atoms with van der Waals surface area (Å²) in [5.41, 5.74) is 2.57. The molecule has 0 saturated heterocycles. The van der Waals surface area contributed by atoms with Gasteiger partial charge in [0.2, 0.25) is 10.0 Å². The first-order chi connectivity index (χ1) is 12.0. The van der Waals surface area contributed by atoms with Gasteiger partial charge in [0.25, 0.3) is 0 Å². The second-order valence-corrected chi connectivity index (χ2v) is 9.01. The summed E-state index contributed by atoms with van der Waals surface area (Å²) < 4.78 is 29.0. The van der Waals surface area contributed by atoms with Crippen LogP contribution in [0.4, 0.5) is 0 Å². The fourth-order valence-electron chi connectivity index (χ4n) is 3.17. The number of aromatic nitrogens is 1. The first kappa shape index (κ1) is 16.6. The zero-order valence-electron chi connectivity index (χ0n) is 13.8. The third kappa shape index (κ3) is 3.17. The van der Waals surface area contributed by atoms with Gasteiger partial charge in [-0.05, 0) is 48.4 Å². The number of hydrogen-bond acceptors (Lipinski definition) is 4. The van der Waals surface area contributed by atoms with Gasteiger partial charge in [-0.25, -0.2) is 13.1 Å². The predicted octanol–water partition coefficient (Wildman–Crippen LogP) is 4.06. The van der Waals surface area contributed by atoms with E-state index in [0.717, 1.165) is 33.6 Å². The standard InChI is InChI=1S/C19H18N2O2S2/c1-13-11-14-5-4-8-18(19(14)20-12-13)25(22,23)21-16-9-10-24-17-7-3-2-6-15(16)17/h2-8,11-12,16,21H,9-10H2,1H3. The highest BCUT2D eigenvalue weighted by Crippen LogP contribution is 2.37. The van der Waals surface area contributed by atoms with Gasteiger partial charge in [-0.3, -0.25) is 4.98 Å². The Balaban J connectivity index is 1.75. The monoisotopic (exact) mass is 370 g/mol. The van der Waals surface area contributed by atoms with Crippen molar-refractivity contribution < 1.29 is 8.42 Å². The van der Waals surface area contributed by atoms with Gasteiger partial charge in [0.15, 0.2) is 0 Å². The molecule has 2 aromatic carbocycles. The first-order valence-electron chi connectivity index (χ1n) is 8.14. The molecule has 0 aliphatic carbocycles. The van der Waals surface area contributed by atoms with Crippen molar-refractivity contribution in [3.63, 3.8) is 0 Å². The Kier molecular flexibility index (Phi) is 4.27. The van der Waals surface area contributed by atoms with Crippen LogP contribution >= 0.6 is 11.8 Å². The summed E-state index contributed by atoms with van der Waals surface area (Å²) >= 11 is 1.77. The molecule has 0 saturated carbocycles. The molecule has 4 nitrogen and oxygen atoms in total. The van der Waals surface area contributed by atoms with Gasteiger partial charge < -0.3 is 0 Å². The Labute approximate surface area is 151 Å². The number of nitrogens with zero attached hydrogens (tertiary/aromatic N) is 1. The summed E-state index contributed by atoms with van der Waals surface area (Å²) in [6.45, 7) is 1.95. The summed E-state index contributed by atoms with van der Waals surface area (Å²) in [7, 11) is -3.66. The molecule has 1 aliphatic heterocycles. The van der Waals surface area contributed by atoms with Crippen LogP contribution in [-0.2, 0) is 10.0 Å². The van der Waals surface area contributed by atoms with Crippen molar-refractivity contribution in [3.05, 3.63) is 65.9 Å². The summed E-state index contributed by atoms with van der Waals surface area (Å²) in [5, 5.41) is 0.836. The molecule has 2 heterocycles. The van der Waals surface area contributed by atoms with Crippen molar-refractivity contribution in [2.75, 3.05) is 5.75 Å². The maximum atomic E-state index is 13.1. The van der Waals surface area contributed by atoms with Crippen molar-refractivity contribution in [1.29, 1.82) is 0 Å². The van der Waals surface area contributed by atoms with Crippen LogP contribution in [0, 0.1) is 6.92 Å². The zero-order chi connectivity index (χ0) is 17.4. The summed E-state index contributed by atoms with van der Waals surface area (Å²) in [6, 6.07) is 15.0. The van der Waals surface area contributed by atoms with E-state index < -0.39 is 10.0 Å². The molecule has 1 atom stereocenters. The molecule has 25 heavy (non-hydrogen) atoms. The molecule has 4 rings (SSSR count). The van der Waals surface area contributed by atoms with Crippen LogP contribution in [0.15, 0.2) is 64.5 Å². The number of benzene rings is 2. The molecule has 1 aromatic heterocycles. The zero-order valence-corrected chi connectivity index (χ0v) is 15.4. The number of aryl methyl sites for hydroxylation is 1. The lowest BCUT2D eigenvalue weighted by molar-refractivity contribution is 0.546. The van der Waals surface area contributed by atoms with E-state index in [1.807, 2.05) is 43.3 Å². The molecular weight excluding hydrogens is 352 g/mol. The van der Waals surface area contributed by atoms with Crippen LogP contribution in [-0.4, -0.2) is 19.2 Å². The lowest BCUT2D eigenvalue weighted by Gasteiger charge is -2.25. The van der Waals surface area contributed by atoms with Crippen LogP contribution in [0.5, 0.6) is 0 Å². The number of pyridine rings is 1. The average molecular weight is 370 g/mol. The average Bonchev–Trinajstić information content (AvgIpc) is 2.61. The van der Waals surface area contributed by atoms with E-state index in [1.165, 1.54) is 0 Å². The summed E-state index contributed by atoms with van der Waals surface area (Å²) in [6.07, 6.45) is 2.48. The van der Waals surface area contributed by atoms with Crippen LogP contribution in [0.3, 0.4) is 0 Å². The first-order valence-corrected chi connectivity index (χ1v) is 10.6. The SMILES string of the molecule is Cc1cnc2c(S(=O)(=O)NC3CCSc4ccccc43)cccc2c1. The van der Waals surface area contributed by atoms with E-state index in [9.17, 15) is 8.42 Å². The highest BCUT2D eigenvalue weighted by molar-refractivity contribution is 7.99.